The fraction of sp³-hybridized carbons (Fsp3) is 0.562. The Balaban J connectivity index is 1.81. The fourth-order valence-electron chi connectivity index (χ4n) is 3.76. The minimum Gasteiger partial charge on any atom is -0.392 e. The molecule has 3 nitrogen and oxygen atoms in total. The lowest BCUT2D eigenvalue weighted by atomic mass is 9.76. The number of nitrogens with zero attached hydrogens (tertiary/aromatic N) is 1. The zero-order valence-corrected chi connectivity index (χ0v) is 12.6. The minimum absolute atomic E-state index is 0.145. The molecule has 1 spiro atoms. The Kier molecular flexibility index (Phi) is 3.93. The highest BCUT2D eigenvalue weighted by Gasteiger charge is 2.45. The summed E-state index contributed by atoms with van der Waals surface area (Å²) in [5, 5.41) is 10.4. The summed E-state index contributed by atoms with van der Waals surface area (Å²) >= 11 is 5.99. The van der Waals surface area contributed by atoms with Crippen LogP contribution >= 0.6 is 11.6 Å². The number of rotatable bonds is 1. The molecule has 1 saturated heterocycles. The Hall–Kier alpha value is -1.13. The predicted molar refractivity (Wildman–Crippen MR) is 78.8 cm³/mol. The van der Waals surface area contributed by atoms with E-state index in [1.165, 1.54) is 18.2 Å². The summed E-state index contributed by atoms with van der Waals surface area (Å²) in [6.45, 7) is 1.24. The van der Waals surface area contributed by atoms with Crippen molar-refractivity contribution in [3.05, 3.63) is 34.6 Å². The molecule has 1 aliphatic carbocycles. The molecule has 2 fully saturated rings. The van der Waals surface area contributed by atoms with E-state index >= 15 is 0 Å². The van der Waals surface area contributed by atoms with E-state index in [0.29, 0.717) is 18.7 Å². The normalized spacial score (nSPS) is 29.1. The molecule has 3 rings (SSSR count). The lowest BCUT2D eigenvalue weighted by Crippen LogP contribution is -2.49. The molecule has 1 N–H and O–H groups in total. The monoisotopic (exact) mass is 311 g/mol. The van der Waals surface area contributed by atoms with Gasteiger partial charge in [-0.1, -0.05) is 18.0 Å². The van der Waals surface area contributed by atoms with E-state index in [9.17, 15) is 14.3 Å². The summed E-state index contributed by atoms with van der Waals surface area (Å²) in [5.41, 5.74) is 0.183. The molecule has 21 heavy (non-hydrogen) atoms. The van der Waals surface area contributed by atoms with Crippen LogP contribution < -0.4 is 0 Å². The summed E-state index contributed by atoms with van der Waals surface area (Å²) < 4.78 is 13.1. The smallest absolute Gasteiger partial charge is 0.255 e. The van der Waals surface area contributed by atoms with Crippen LogP contribution in [0, 0.1) is 11.2 Å². The first-order valence-corrected chi connectivity index (χ1v) is 7.82. The maximum absolute atomic E-state index is 13.1. The summed E-state index contributed by atoms with van der Waals surface area (Å²) in [6.07, 6.45) is 4.34. The number of carbonyl (C=O) groups is 1. The predicted octanol–water partition coefficient (Wildman–Crippen LogP) is 3.25. The Morgan fingerprint density at radius 2 is 2.14 bits per heavy atom. The molecule has 0 bridgehead atoms. The molecule has 2 atom stereocenters. The third-order valence-electron chi connectivity index (χ3n) is 4.92. The molecule has 0 radical (unpaired) electrons. The Morgan fingerprint density at radius 1 is 1.38 bits per heavy atom. The van der Waals surface area contributed by atoms with Crippen molar-refractivity contribution in [3.8, 4) is 0 Å². The van der Waals surface area contributed by atoms with Gasteiger partial charge in [-0.2, -0.15) is 0 Å². The zero-order valence-electron chi connectivity index (χ0n) is 11.8. The van der Waals surface area contributed by atoms with Crippen molar-refractivity contribution in [3.63, 3.8) is 0 Å². The molecule has 5 heteroatoms. The fourth-order valence-corrected chi connectivity index (χ4v) is 4.01. The standard InChI is InChI=1S/C16H19ClFNO2/c17-13-9-11(18)4-5-12(13)15(21)19-8-2-7-16(10-19)6-1-3-14(16)20/h4-5,9,14,20H,1-3,6-8,10H2/t14-,16+/m1/s1. The minimum atomic E-state index is -0.446. The van der Waals surface area contributed by atoms with E-state index in [0.717, 1.165) is 32.1 Å². The van der Waals surface area contributed by atoms with Gasteiger partial charge < -0.3 is 10.0 Å². The average molecular weight is 312 g/mol. The largest absolute Gasteiger partial charge is 0.392 e. The summed E-state index contributed by atoms with van der Waals surface area (Å²) in [4.78, 5) is 14.4. The van der Waals surface area contributed by atoms with Crippen LogP contribution in [0.2, 0.25) is 5.02 Å². The number of halogens is 2. The molecule has 1 heterocycles. The van der Waals surface area contributed by atoms with Gasteiger partial charge in [-0.15, -0.1) is 0 Å². The van der Waals surface area contributed by atoms with Gasteiger partial charge in [0.05, 0.1) is 16.7 Å². The molecule has 1 aromatic carbocycles. The van der Waals surface area contributed by atoms with Gasteiger partial charge >= 0.3 is 0 Å². The van der Waals surface area contributed by atoms with Crippen LogP contribution in [0.3, 0.4) is 0 Å². The summed E-state index contributed by atoms with van der Waals surface area (Å²) in [5.74, 6) is -0.615. The van der Waals surface area contributed by atoms with Crippen LogP contribution in [0.5, 0.6) is 0 Å². The van der Waals surface area contributed by atoms with Gasteiger partial charge in [-0.25, -0.2) is 4.39 Å². The van der Waals surface area contributed by atoms with Crippen LogP contribution in [0.15, 0.2) is 18.2 Å². The highest BCUT2D eigenvalue weighted by molar-refractivity contribution is 6.33. The number of hydrogen-bond acceptors (Lipinski definition) is 2. The second kappa shape index (κ2) is 5.58. The van der Waals surface area contributed by atoms with Crippen LogP contribution in [-0.4, -0.2) is 35.1 Å². The second-order valence-corrected chi connectivity index (χ2v) is 6.63. The molecule has 2 aliphatic rings. The van der Waals surface area contributed by atoms with E-state index in [-0.39, 0.29) is 22.4 Å². The van der Waals surface area contributed by atoms with Crippen LogP contribution in [0.1, 0.15) is 42.5 Å². The van der Waals surface area contributed by atoms with Crippen molar-refractivity contribution in [2.75, 3.05) is 13.1 Å². The van der Waals surface area contributed by atoms with Gasteiger partial charge in [0.25, 0.3) is 5.91 Å². The van der Waals surface area contributed by atoms with Crippen molar-refractivity contribution >= 4 is 17.5 Å². The van der Waals surface area contributed by atoms with Crippen LogP contribution in [0.4, 0.5) is 4.39 Å². The molecule has 0 unspecified atom stereocenters. The molecule has 114 valence electrons. The van der Waals surface area contributed by atoms with Gasteiger partial charge in [0.2, 0.25) is 0 Å². The van der Waals surface area contributed by atoms with Crippen molar-refractivity contribution in [1.82, 2.24) is 4.90 Å². The molecule has 1 amide bonds. The molecular weight excluding hydrogens is 293 g/mol. The SMILES string of the molecule is O=C(c1ccc(F)cc1Cl)N1CCC[C@@]2(CCC[C@H]2O)C1. The Bertz CT molecular complexity index is 565. The third-order valence-corrected chi connectivity index (χ3v) is 5.23. The number of carbonyl (C=O) groups excluding carboxylic acids is 1. The van der Waals surface area contributed by atoms with Gasteiger partial charge in [-0.3, -0.25) is 4.79 Å². The van der Waals surface area contributed by atoms with Crippen molar-refractivity contribution in [2.45, 2.75) is 38.2 Å². The van der Waals surface area contributed by atoms with E-state index in [2.05, 4.69) is 0 Å². The molecule has 1 aliphatic heterocycles. The van der Waals surface area contributed by atoms with E-state index in [4.69, 9.17) is 11.6 Å². The van der Waals surface area contributed by atoms with Crippen LogP contribution in [0.25, 0.3) is 0 Å². The molecular formula is C16H19ClFNO2. The number of aliphatic hydroxyl groups excluding tert-OH is 1. The van der Waals surface area contributed by atoms with Gasteiger partial charge in [0, 0.05) is 18.5 Å². The maximum Gasteiger partial charge on any atom is 0.255 e. The number of piperidine rings is 1. The summed E-state index contributed by atoms with van der Waals surface area (Å²) in [6, 6.07) is 3.86. The van der Waals surface area contributed by atoms with Gasteiger partial charge in [-0.05, 0) is 43.9 Å². The highest BCUT2D eigenvalue weighted by atomic mass is 35.5. The first-order chi connectivity index (χ1) is 10.0. The van der Waals surface area contributed by atoms with Crippen molar-refractivity contribution in [2.24, 2.45) is 5.41 Å². The van der Waals surface area contributed by atoms with Crippen LogP contribution in [-0.2, 0) is 0 Å². The number of aliphatic hydroxyl groups is 1. The summed E-state index contributed by atoms with van der Waals surface area (Å²) in [7, 11) is 0. The number of hydrogen-bond donors (Lipinski definition) is 1. The first kappa shape index (κ1) is 14.8. The van der Waals surface area contributed by atoms with E-state index in [1.54, 1.807) is 4.90 Å². The average Bonchev–Trinajstić information content (AvgIpc) is 2.79. The molecule has 1 aromatic rings. The zero-order chi connectivity index (χ0) is 15.0. The van der Waals surface area contributed by atoms with E-state index in [1.807, 2.05) is 0 Å². The third kappa shape index (κ3) is 2.67. The maximum atomic E-state index is 13.1. The Labute approximate surface area is 128 Å². The molecule has 0 aromatic heterocycles. The first-order valence-electron chi connectivity index (χ1n) is 7.44. The van der Waals surface area contributed by atoms with Crippen molar-refractivity contribution in [1.29, 1.82) is 0 Å². The van der Waals surface area contributed by atoms with E-state index < -0.39 is 5.82 Å². The lowest BCUT2D eigenvalue weighted by molar-refractivity contribution is -0.00535. The Morgan fingerprint density at radius 3 is 2.81 bits per heavy atom. The van der Waals surface area contributed by atoms with Gasteiger partial charge in [0.1, 0.15) is 5.82 Å². The van der Waals surface area contributed by atoms with Gasteiger partial charge in [0.15, 0.2) is 0 Å². The number of amides is 1. The quantitative estimate of drug-likeness (QED) is 0.865. The number of benzene rings is 1. The van der Waals surface area contributed by atoms with Crippen molar-refractivity contribution < 1.29 is 14.3 Å². The topological polar surface area (TPSA) is 40.5 Å². The second-order valence-electron chi connectivity index (χ2n) is 6.22. The lowest BCUT2D eigenvalue weighted by Gasteiger charge is -2.42. The molecule has 1 saturated carbocycles. The highest BCUT2D eigenvalue weighted by Crippen LogP contribution is 2.45. The number of likely N-dealkylation sites (tertiary alicyclic amines) is 1.